The van der Waals surface area contributed by atoms with E-state index in [1.54, 1.807) is 0 Å². The van der Waals surface area contributed by atoms with Crippen LogP contribution in [-0.4, -0.2) is 46.5 Å². The second-order valence-electron chi connectivity index (χ2n) is 8.07. The lowest BCUT2D eigenvalue weighted by Gasteiger charge is -2.39. The molecule has 3 N–H and O–H groups in total. The highest BCUT2D eigenvalue weighted by Crippen LogP contribution is 2.26. The number of nitrogens with one attached hydrogen (secondary N) is 3. The Morgan fingerprint density at radius 1 is 1.19 bits per heavy atom. The van der Waals surface area contributed by atoms with E-state index in [9.17, 15) is 4.79 Å². The van der Waals surface area contributed by atoms with E-state index in [0.29, 0.717) is 18.1 Å². The first kappa shape index (κ1) is 17.9. The minimum atomic E-state index is -0.109. The maximum Gasteiger partial charge on any atom is 0.238 e. The summed E-state index contributed by atoms with van der Waals surface area (Å²) in [6, 6.07) is 5.24. The molecule has 3 unspecified atom stereocenters. The molecule has 0 radical (unpaired) electrons. The second kappa shape index (κ2) is 8.46. The zero-order valence-electron chi connectivity index (χ0n) is 15.5. The van der Waals surface area contributed by atoms with Gasteiger partial charge in [0.15, 0.2) is 0 Å². The molecule has 4 rings (SSSR count). The molecule has 26 heavy (non-hydrogen) atoms. The van der Waals surface area contributed by atoms with Gasteiger partial charge in [-0.3, -0.25) is 20.1 Å². The van der Waals surface area contributed by atoms with Crippen molar-refractivity contribution in [1.29, 1.82) is 0 Å². The summed E-state index contributed by atoms with van der Waals surface area (Å²) >= 11 is 0. The first-order valence-corrected chi connectivity index (χ1v) is 10.2. The minimum Gasteiger partial charge on any atom is -0.352 e. The van der Waals surface area contributed by atoms with Crippen LogP contribution >= 0.6 is 0 Å². The van der Waals surface area contributed by atoms with E-state index < -0.39 is 0 Å². The Hall–Kier alpha value is -1.50. The van der Waals surface area contributed by atoms with Gasteiger partial charge in [-0.2, -0.15) is 0 Å². The predicted molar refractivity (Wildman–Crippen MR) is 101 cm³/mol. The van der Waals surface area contributed by atoms with Gasteiger partial charge >= 0.3 is 0 Å². The summed E-state index contributed by atoms with van der Waals surface area (Å²) in [5.41, 5.74) is 7.96. The number of carbonyl (C=O) groups excluding carboxylic acids is 1. The van der Waals surface area contributed by atoms with Gasteiger partial charge in [-0.05, 0) is 50.3 Å². The average molecular weight is 358 g/mol. The average Bonchev–Trinajstić information content (AvgIpc) is 3.35. The molecule has 142 valence electrons. The van der Waals surface area contributed by atoms with Crippen LogP contribution in [0.5, 0.6) is 0 Å². The van der Waals surface area contributed by atoms with Crippen LogP contribution in [0.15, 0.2) is 24.5 Å². The maximum absolute atomic E-state index is 12.6. The van der Waals surface area contributed by atoms with E-state index in [1.807, 2.05) is 18.5 Å². The molecule has 1 aromatic rings. The van der Waals surface area contributed by atoms with Crippen LogP contribution in [0.2, 0.25) is 0 Å². The van der Waals surface area contributed by atoms with Crippen LogP contribution in [0, 0.1) is 0 Å². The quantitative estimate of drug-likeness (QED) is 0.749. The van der Waals surface area contributed by atoms with Crippen LogP contribution in [-0.2, 0) is 11.3 Å². The fourth-order valence-corrected chi connectivity index (χ4v) is 4.77. The van der Waals surface area contributed by atoms with Gasteiger partial charge in [0, 0.05) is 37.1 Å². The molecule has 3 aliphatic rings. The summed E-state index contributed by atoms with van der Waals surface area (Å²) in [7, 11) is 0. The first-order chi connectivity index (χ1) is 12.8. The lowest BCUT2D eigenvalue weighted by Crippen LogP contribution is -2.51. The maximum atomic E-state index is 12.6. The number of aromatic nitrogens is 1. The van der Waals surface area contributed by atoms with Gasteiger partial charge in [0.05, 0.1) is 0 Å². The Morgan fingerprint density at radius 3 is 2.85 bits per heavy atom. The van der Waals surface area contributed by atoms with Crippen molar-refractivity contribution in [1.82, 2.24) is 26.1 Å². The third-order valence-electron chi connectivity index (χ3n) is 6.19. The van der Waals surface area contributed by atoms with E-state index in [1.165, 1.54) is 37.7 Å². The highest BCUT2D eigenvalue weighted by molar-refractivity contribution is 5.82. The smallest absolute Gasteiger partial charge is 0.238 e. The summed E-state index contributed by atoms with van der Waals surface area (Å²) in [4.78, 5) is 19.4. The fourth-order valence-electron chi connectivity index (χ4n) is 4.77. The normalized spacial score (nSPS) is 30.5. The molecule has 1 saturated carbocycles. The zero-order chi connectivity index (χ0) is 17.8. The van der Waals surface area contributed by atoms with E-state index in [4.69, 9.17) is 0 Å². The monoisotopic (exact) mass is 357 g/mol. The molecule has 1 aliphatic carbocycles. The largest absolute Gasteiger partial charge is 0.352 e. The summed E-state index contributed by atoms with van der Waals surface area (Å²) in [6.45, 7) is 2.06. The molecule has 1 amide bonds. The third-order valence-corrected chi connectivity index (χ3v) is 6.19. The predicted octanol–water partition coefficient (Wildman–Crippen LogP) is 1.73. The lowest BCUT2D eigenvalue weighted by atomic mass is 9.92. The van der Waals surface area contributed by atoms with E-state index in [-0.39, 0.29) is 11.9 Å². The molecule has 0 bridgehead atoms. The molecule has 0 aromatic carbocycles. The van der Waals surface area contributed by atoms with Gasteiger partial charge in [0.25, 0.3) is 0 Å². The number of amides is 1. The summed E-state index contributed by atoms with van der Waals surface area (Å²) in [6.07, 6.45) is 13.1. The fraction of sp³-hybridized carbons (Fsp3) is 0.700. The number of nitrogens with zero attached hydrogens (tertiary/aromatic N) is 2. The number of piperidine rings is 1. The third kappa shape index (κ3) is 4.24. The van der Waals surface area contributed by atoms with E-state index in [0.717, 1.165) is 32.4 Å². The van der Waals surface area contributed by atoms with E-state index in [2.05, 4.69) is 32.1 Å². The Balaban J connectivity index is 1.34. The molecule has 3 fully saturated rings. The van der Waals surface area contributed by atoms with Gasteiger partial charge in [-0.15, -0.1) is 0 Å². The van der Waals surface area contributed by atoms with Crippen molar-refractivity contribution in [2.24, 2.45) is 0 Å². The molecule has 2 saturated heterocycles. The van der Waals surface area contributed by atoms with E-state index >= 15 is 0 Å². The SMILES string of the molecule is O=C(NC1CCCC1)C1CC(C2CCCCN2Cc2cccnc2)NN1. The Bertz CT molecular complexity index is 589. The number of carbonyl (C=O) groups is 1. The number of hydrogen-bond donors (Lipinski definition) is 3. The molecule has 3 heterocycles. The molecule has 6 nitrogen and oxygen atoms in total. The summed E-state index contributed by atoms with van der Waals surface area (Å²) in [5.74, 6) is 0.168. The van der Waals surface area contributed by atoms with Gasteiger partial charge in [-0.25, -0.2) is 5.43 Å². The Morgan fingerprint density at radius 2 is 2.04 bits per heavy atom. The molecule has 0 spiro atoms. The Labute approximate surface area is 156 Å². The number of hydrazine groups is 1. The minimum absolute atomic E-state index is 0.109. The van der Waals surface area contributed by atoms with Crippen molar-refractivity contribution >= 4 is 5.91 Å². The second-order valence-corrected chi connectivity index (χ2v) is 8.07. The van der Waals surface area contributed by atoms with Crippen molar-refractivity contribution in [3.63, 3.8) is 0 Å². The number of hydrogen-bond acceptors (Lipinski definition) is 5. The summed E-state index contributed by atoms with van der Waals surface area (Å²) in [5, 5.41) is 3.23. The Kier molecular flexibility index (Phi) is 5.82. The van der Waals surface area contributed by atoms with Crippen LogP contribution < -0.4 is 16.2 Å². The van der Waals surface area contributed by atoms with Crippen molar-refractivity contribution in [3.8, 4) is 0 Å². The topological polar surface area (TPSA) is 69.3 Å². The number of rotatable bonds is 5. The molecular formula is C20H31N5O. The van der Waals surface area contributed by atoms with Gasteiger partial charge < -0.3 is 5.32 Å². The van der Waals surface area contributed by atoms with Gasteiger partial charge in [0.2, 0.25) is 5.91 Å². The molecule has 1 aromatic heterocycles. The van der Waals surface area contributed by atoms with Crippen LogP contribution in [0.3, 0.4) is 0 Å². The highest BCUT2D eigenvalue weighted by Gasteiger charge is 2.38. The van der Waals surface area contributed by atoms with Crippen LogP contribution in [0.25, 0.3) is 0 Å². The molecule has 2 aliphatic heterocycles. The zero-order valence-corrected chi connectivity index (χ0v) is 15.5. The lowest BCUT2D eigenvalue weighted by molar-refractivity contribution is -0.123. The van der Waals surface area contributed by atoms with Gasteiger partial charge in [0.1, 0.15) is 6.04 Å². The van der Waals surface area contributed by atoms with Crippen LogP contribution in [0.4, 0.5) is 0 Å². The van der Waals surface area contributed by atoms with Gasteiger partial charge in [-0.1, -0.05) is 25.3 Å². The molecule has 3 atom stereocenters. The van der Waals surface area contributed by atoms with Crippen molar-refractivity contribution in [2.75, 3.05) is 6.54 Å². The van der Waals surface area contributed by atoms with Crippen molar-refractivity contribution in [2.45, 2.75) is 82.1 Å². The standard InChI is InChI=1S/C20H31N5O/c26-20(22-16-7-1-2-8-16)18-12-17(23-24-18)19-9-3-4-11-25(19)14-15-6-5-10-21-13-15/h5-6,10,13,16-19,23-24H,1-4,7-9,11-12,14H2,(H,22,26). The molecule has 6 heteroatoms. The molecular weight excluding hydrogens is 326 g/mol. The summed E-state index contributed by atoms with van der Waals surface area (Å²) < 4.78 is 0. The van der Waals surface area contributed by atoms with Crippen molar-refractivity contribution in [3.05, 3.63) is 30.1 Å². The van der Waals surface area contributed by atoms with Crippen LogP contribution in [0.1, 0.15) is 56.9 Å². The van der Waals surface area contributed by atoms with Crippen molar-refractivity contribution < 1.29 is 4.79 Å². The highest BCUT2D eigenvalue weighted by atomic mass is 16.2. The number of likely N-dealkylation sites (tertiary alicyclic amines) is 1. The first-order valence-electron chi connectivity index (χ1n) is 10.2. The number of pyridine rings is 1.